The van der Waals surface area contributed by atoms with Gasteiger partial charge in [0, 0.05) is 22.9 Å². The van der Waals surface area contributed by atoms with Gasteiger partial charge in [0.25, 0.3) is 0 Å². The average molecular weight is 325 g/mol. The monoisotopic (exact) mass is 325 g/mol. The Morgan fingerprint density at radius 1 is 1.26 bits per heavy atom. The molecule has 1 fully saturated rings. The Kier molecular flexibility index (Phi) is 5.02. The van der Waals surface area contributed by atoms with Gasteiger partial charge >= 0.3 is 5.97 Å². The van der Waals surface area contributed by atoms with Gasteiger partial charge in [0.1, 0.15) is 11.6 Å². The Balaban J connectivity index is 2.09. The van der Waals surface area contributed by atoms with E-state index in [1.165, 1.54) is 18.2 Å². The number of halogens is 2. The van der Waals surface area contributed by atoms with Crippen molar-refractivity contribution in [2.24, 2.45) is 5.92 Å². The summed E-state index contributed by atoms with van der Waals surface area (Å²) in [7, 11) is 0. The summed E-state index contributed by atoms with van der Waals surface area (Å²) in [5, 5.41) is 11.8. The number of carboxylic acid groups (broad SMARTS) is 1. The molecule has 2 atom stereocenters. The van der Waals surface area contributed by atoms with Crippen LogP contribution in [0.4, 0.5) is 8.78 Å². The highest BCUT2D eigenvalue weighted by Gasteiger charge is 2.48. The van der Waals surface area contributed by atoms with E-state index in [-0.39, 0.29) is 17.9 Å². The maximum atomic E-state index is 13.8. The highest BCUT2D eigenvalue weighted by molar-refractivity contribution is 5.84. The molecule has 0 saturated heterocycles. The van der Waals surface area contributed by atoms with Gasteiger partial charge in [0.05, 0.1) is 6.42 Å². The van der Waals surface area contributed by atoms with E-state index in [4.69, 9.17) is 5.11 Å². The van der Waals surface area contributed by atoms with Gasteiger partial charge in [-0.05, 0) is 31.4 Å². The van der Waals surface area contributed by atoms with Crippen LogP contribution in [0.2, 0.25) is 0 Å². The van der Waals surface area contributed by atoms with E-state index in [1.807, 2.05) is 13.8 Å². The smallest absolute Gasteiger partial charge is 0.305 e. The summed E-state index contributed by atoms with van der Waals surface area (Å²) in [6.45, 7) is 3.63. The lowest BCUT2D eigenvalue weighted by Gasteiger charge is -2.31. The van der Waals surface area contributed by atoms with Crippen LogP contribution in [0, 0.1) is 17.6 Å². The van der Waals surface area contributed by atoms with Crippen LogP contribution in [0.5, 0.6) is 0 Å². The van der Waals surface area contributed by atoms with Crippen molar-refractivity contribution in [2.45, 2.75) is 51.0 Å². The quantitative estimate of drug-likeness (QED) is 0.809. The molecular weight excluding hydrogens is 304 g/mol. The standard InChI is InChI=1S/C17H21F2NO3/c1-3-17(4-2,9-14(21)22)20-16(23)11-8-10(11)15-12(18)6-5-7-13(15)19/h5-7,10-11H,3-4,8-9H2,1-2H3,(H,20,23)(H,21,22). The number of carbonyl (C=O) groups excluding carboxylic acids is 1. The van der Waals surface area contributed by atoms with Crippen molar-refractivity contribution in [1.29, 1.82) is 0 Å². The van der Waals surface area contributed by atoms with Gasteiger partial charge in [-0.1, -0.05) is 19.9 Å². The molecule has 1 aromatic rings. The first-order valence-corrected chi connectivity index (χ1v) is 7.81. The van der Waals surface area contributed by atoms with E-state index in [1.54, 1.807) is 0 Å². The summed E-state index contributed by atoms with van der Waals surface area (Å²) in [6, 6.07) is 3.65. The van der Waals surface area contributed by atoms with Crippen molar-refractivity contribution >= 4 is 11.9 Å². The highest BCUT2D eigenvalue weighted by Crippen LogP contribution is 2.49. The molecule has 1 saturated carbocycles. The van der Waals surface area contributed by atoms with Crippen molar-refractivity contribution in [3.8, 4) is 0 Å². The fourth-order valence-electron chi connectivity index (χ4n) is 3.03. The van der Waals surface area contributed by atoms with Gasteiger partial charge < -0.3 is 10.4 Å². The topological polar surface area (TPSA) is 66.4 Å². The molecular formula is C17H21F2NO3. The Hall–Kier alpha value is -1.98. The molecule has 6 heteroatoms. The lowest BCUT2D eigenvalue weighted by atomic mass is 9.88. The number of rotatable bonds is 7. The predicted molar refractivity (Wildman–Crippen MR) is 80.9 cm³/mol. The van der Waals surface area contributed by atoms with Crippen LogP contribution < -0.4 is 5.32 Å². The van der Waals surface area contributed by atoms with E-state index in [0.29, 0.717) is 19.3 Å². The van der Waals surface area contributed by atoms with Crippen LogP contribution in [0.15, 0.2) is 18.2 Å². The average Bonchev–Trinajstić information content (AvgIpc) is 3.26. The Labute approximate surface area is 133 Å². The number of aliphatic carboxylic acids is 1. The molecule has 23 heavy (non-hydrogen) atoms. The fraction of sp³-hybridized carbons (Fsp3) is 0.529. The molecule has 126 valence electrons. The summed E-state index contributed by atoms with van der Waals surface area (Å²) in [5.41, 5.74) is -0.867. The normalized spacial score (nSPS) is 20.2. The zero-order chi connectivity index (χ0) is 17.2. The molecule has 0 spiro atoms. The Morgan fingerprint density at radius 3 is 2.30 bits per heavy atom. The lowest BCUT2D eigenvalue weighted by Crippen LogP contribution is -2.49. The SMILES string of the molecule is CCC(CC)(CC(=O)O)NC(=O)C1CC1c1c(F)cccc1F. The summed E-state index contributed by atoms with van der Waals surface area (Å²) in [4.78, 5) is 23.4. The van der Waals surface area contributed by atoms with Gasteiger partial charge in [-0.3, -0.25) is 9.59 Å². The first-order chi connectivity index (χ1) is 10.8. The summed E-state index contributed by atoms with van der Waals surface area (Å²) < 4.78 is 27.5. The molecule has 2 unspecified atom stereocenters. The second-order valence-electron chi connectivity index (χ2n) is 6.13. The first-order valence-electron chi connectivity index (χ1n) is 7.81. The van der Waals surface area contributed by atoms with Crippen LogP contribution in [-0.4, -0.2) is 22.5 Å². The van der Waals surface area contributed by atoms with Gasteiger partial charge in [0.15, 0.2) is 0 Å². The molecule has 0 bridgehead atoms. The van der Waals surface area contributed by atoms with Gasteiger partial charge in [-0.2, -0.15) is 0 Å². The van der Waals surface area contributed by atoms with Crippen molar-refractivity contribution < 1.29 is 23.5 Å². The third-order valence-corrected chi connectivity index (χ3v) is 4.73. The van der Waals surface area contributed by atoms with Crippen molar-refractivity contribution in [3.63, 3.8) is 0 Å². The summed E-state index contributed by atoms with van der Waals surface area (Å²) in [6.07, 6.45) is 1.16. The Bertz CT molecular complexity index is 594. The number of hydrogen-bond donors (Lipinski definition) is 2. The zero-order valence-corrected chi connectivity index (χ0v) is 13.2. The van der Waals surface area contributed by atoms with Gasteiger partial charge in [-0.25, -0.2) is 8.78 Å². The molecule has 1 aliphatic carbocycles. The van der Waals surface area contributed by atoms with Crippen LogP contribution in [0.25, 0.3) is 0 Å². The second kappa shape index (κ2) is 6.64. The van der Waals surface area contributed by atoms with Crippen LogP contribution in [-0.2, 0) is 9.59 Å². The number of hydrogen-bond acceptors (Lipinski definition) is 2. The van der Waals surface area contributed by atoms with E-state index in [0.717, 1.165) is 0 Å². The minimum atomic E-state index is -0.985. The minimum absolute atomic E-state index is 0.0514. The molecule has 4 nitrogen and oxygen atoms in total. The largest absolute Gasteiger partial charge is 0.481 e. The molecule has 1 aromatic carbocycles. The zero-order valence-electron chi connectivity index (χ0n) is 13.2. The number of carboxylic acids is 1. The molecule has 2 N–H and O–H groups in total. The second-order valence-corrected chi connectivity index (χ2v) is 6.13. The number of carbonyl (C=O) groups is 2. The third kappa shape index (κ3) is 3.68. The Morgan fingerprint density at radius 2 is 1.83 bits per heavy atom. The number of amides is 1. The maximum absolute atomic E-state index is 13.8. The molecule has 0 aliphatic heterocycles. The van der Waals surface area contributed by atoms with Crippen molar-refractivity contribution in [1.82, 2.24) is 5.32 Å². The predicted octanol–water partition coefficient (Wildman–Crippen LogP) is 3.22. The maximum Gasteiger partial charge on any atom is 0.305 e. The lowest BCUT2D eigenvalue weighted by molar-refractivity contribution is -0.139. The van der Waals surface area contributed by atoms with Crippen LogP contribution >= 0.6 is 0 Å². The van der Waals surface area contributed by atoms with E-state index >= 15 is 0 Å². The van der Waals surface area contributed by atoms with E-state index < -0.39 is 35.0 Å². The van der Waals surface area contributed by atoms with Crippen LogP contribution in [0.3, 0.4) is 0 Å². The fourth-order valence-corrected chi connectivity index (χ4v) is 3.03. The van der Waals surface area contributed by atoms with Gasteiger partial charge in [0.2, 0.25) is 5.91 Å². The minimum Gasteiger partial charge on any atom is -0.481 e. The number of nitrogens with one attached hydrogen (secondary N) is 1. The third-order valence-electron chi connectivity index (χ3n) is 4.73. The molecule has 1 aliphatic rings. The number of benzene rings is 1. The molecule has 0 heterocycles. The summed E-state index contributed by atoms with van der Waals surface area (Å²) >= 11 is 0. The molecule has 2 rings (SSSR count). The first kappa shape index (κ1) is 17.4. The van der Waals surface area contributed by atoms with Crippen molar-refractivity contribution in [3.05, 3.63) is 35.4 Å². The van der Waals surface area contributed by atoms with Crippen molar-refractivity contribution in [2.75, 3.05) is 0 Å². The van der Waals surface area contributed by atoms with E-state index in [9.17, 15) is 18.4 Å². The molecule has 0 radical (unpaired) electrons. The molecule has 0 aromatic heterocycles. The van der Waals surface area contributed by atoms with E-state index in [2.05, 4.69) is 5.32 Å². The molecule has 1 amide bonds. The van der Waals surface area contributed by atoms with Crippen LogP contribution in [0.1, 0.15) is 51.0 Å². The van der Waals surface area contributed by atoms with Gasteiger partial charge in [-0.15, -0.1) is 0 Å². The summed E-state index contributed by atoms with van der Waals surface area (Å²) in [5.74, 6) is -3.59. The highest BCUT2D eigenvalue weighted by atomic mass is 19.1.